The van der Waals surface area contributed by atoms with Gasteiger partial charge in [-0.1, -0.05) is 17.7 Å². The van der Waals surface area contributed by atoms with Gasteiger partial charge in [-0.3, -0.25) is 4.79 Å². The predicted molar refractivity (Wildman–Crippen MR) is 87.7 cm³/mol. The number of nitrogens with one attached hydrogen (secondary N) is 1. The summed E-state index contributed by atoms with van der Waals surface area (Å²) in [6.45, 7) is 0.307. The summed E-state index contributed by atoms with van der Waals surface area (Å²) in [4.78, 5) is 16.4. The van der Waals surface area contributed by atoms with Crippen molar-refractivity contribution in [3.05, 3.63) is 64.7 Å². The molecule has 1 aromatic carbocycles. The molecule has 3 aromatic rings. The fraction of sp³-hybridized carbons (Fsp3) is 0.176. The SMILES string of the molecule is Cn1cc(CC(=O)NCc2ccc(F)c(Cl)c2)c2cccnc21. The quantitative estimate of drug-likeness (QED) is 0.798. The molecule has 0 atom stereocenters. The van der Waals surface area contributed by atoms with Crippen LogP contribution in [0.25, 0.3) is 11.0 Å². The summed E-state index contributed by atoms with van der Waals surface area (Å²) in [5, 5.41) is 3.84. The summed E-state index contributed by atoms with van der Waals surface area (Å²) < 4.78 is 15.0. The van der Waals surface area contributed by atoms with Crippen LogP contribution in [0.3, 0.4) is 0 Å². The summed E-state index contributed by atoms with van der Waals surface area (Å²) >= 11 is 5.73. The molecule has 0 saturated heterocycles. The highest BCUT2D eigenvalue weighted by molar-refractivity contribution is 6.30. The van der Waals surface area contributed by atoms with Crippen molar-refractivity contribution < 1.29 is 9.18 Å². The molecule has 0 fully saturated rings. The zero-order valence-electron chi connectivity index (χ0n) is 12.5. The molecule has 0 spiro atoms. The van der Waals surface area contributed by atoms with Gasteiger partial charge in [0.15, 0.2) is 0 Å². The maximum atomic E-state index is 13.1. The molecule has 4 nitrogen and oxygen atoms in total. The predicted octanol–water partition coefficient (Wildman–Crippen LogP) is 3.22. The smallest absolute Gasteiger partial charge is 0.224 e. The lowest BCUT2D eigenvalue weighted by Crippen LogP contribution is -2.24. The molecule has 3 rings (SSSR count). The molecule has 23 heavy (non-hydrogen) atoms. The number of carbonyl (C=O) groups is 1. The second kappa shape index (κ2) is 6.38. The third kappa shape index (κ3) is 3.35. The Morgan fingerprint density at radius 2 is 2.22 bits per heavy atom. The van der Waals surface area contributed by atoms with Crippen LogP contribution < -0.4 is 5.32 Å². The lowest BCUT2D eigenvalue weighted by atomic mass is 10.1. The van der Waals surface area contributed by atoms with Crippen LogP contribution in [0.2, 0.25) is 5.02 Å². The molecular formula is C17H15ClFN3O. The summed E-state index contributed by atoms with van der Waals surface area (Å²) in [7, 11) is 1.90. The van der Waals surface area contributed by atoms with Crippen LogP contribution in [0.5, 0.6) is 0 Å². The van der Waals surface area contributed by atoms with Gasteiger partial charge in [0.05, 0.1) is 11.4 Å². The van der Waals surface area contributed by atoms with E-state index in [1.54, 1.807) is 12.3 Å². The molecule has 0 bridgehead atoms. The lowest BCUT2D eigenvalue weighted by Gasteiger charge is -2.06. The summed E-state index contributed by atoms with van der Waals surface area (Å²) in [5.74, 6) is -0.577. The normalized spacial score (nSPS) is 10.9. The fourth-order valence-corrected chi connectivity index (χ4v) is 2.72. The van der Waals surface area contributed by atoms with E-state index in [2.05, 4.69) is 10.3 Å². The lowest BCUT2D eigenvalue weighted by molar-refractivity contribution is -0.120. The molecule has 0 saturated carbocycles. The number of aryl methyl sites for hydroxylation is 1. The van der Waals surface area contributed by atoms with Crippen LogP contribution in [0.15, 0.2) is 42.7 Å². The van der Waals surface area contributed by atoms with Crippen LogP contribution in [0.4, 0.5) is 4.39 Å². The van der Waals surface area contributed by atoms with Gasteiger partial charge in [-0.25, -0.2) is 9.37 Å². The maximum absolute atomic E-state index is 13.1. The van der Waals surface area contributed by atoms with E-state index >= 15 is 0 Å². The Balaban J connectivity index is 1.68. The fourth-order valence-electron chi connectivity index (χ4n) is 2.52. The molecular weight excluding hydrogens is 317 g/mol. The Morgan fingerprint density at radius 3 is 3.00 bits per heavy atom. The largest absolute Gasteiger partial charge is 0.352 e. The van der Waals surface area contributed by atoms with Crippen molar-refractivity contribution in [2.24, 2.45) is 7.05 Å². The Morgan fingerprint density at radius 1 is 1.39 bits per heavy atom. The molecule has 0 aliphatic heterocycles. The number of fused-ring (bicyclic) bond motifs is 1. The van der Waals surface area contributed by atoms with Crippen molar-refractivity contribution in [2.45, 2.75) is 13.0 Å². The first kappa shape index (κ1) is 15.5. The number of hydrogen-bond donors (Lipinski definition) is 1. The Hall–Kier alpha value is -2.40. The number of aromatic nitrogens is 2. The molecule has 6 heteroatoms. The minimum atomic E-state index is -0.468. The first-order valence-corrected chi connectivity index (χ1v) is 7.52. The minimum Gasteiger partial charge on any atom is -0.352 e. The first-order chi connectivity index (χ1) is 11.0. The van der Waals surface area contributed by atoms with Gasteiger partial charge in [0.1, 0.15) is 11.5 Å². The van der Waals surface area contributed by atoms with Gasteiger partial charge >= 0.3 is 0 Å². The molecule has 0 radical (unpaired) electrons. The van der Waals surface area contributed by atoms with Gasteiger partial charge in [0.25, 0.3) is 0 Å². The zero-order valence-corrected chi connectivity index (χ0v) is 13.3. The Kier molecular flexibility index (Phi) is 4.30. The molecule has 1 amide bonds. The summed E-state index contributed by atoms with van der Waals surface area (Å²) in [6.07, 6.45) is 3.90. The van der Waals surface area contributed by atoms with E-state index in [9.17, 15) is 9.18 Å². The van der Waals surface area contributed by atoms with Crippen molar-refractivity contribution in [1.29, 1.82) is 0 Å². The van der Waals surface area contributed by atoms with Crippen LogP contribution >= 0.6 is 11.6 Å². The van der Waals surface area contributed by atoms with E-state index < -0.39 is 5.82 Å². The van der Waals surface area contributed by atoms with Crippen LogP contribution in [-0.2, 0) is 24.8 Å². The van der Waals surface area contributed by atoms with Gasteiger partial charge in [0, 0.05) is 31.4 Å². The van der Waals surface area contributed by atoms with E-state index in [4.69, 9.17) is 11.6 Å². The summed E-state index contributed by atoms with van der Waals surface area (Å²) in [5.41, 5.74) is 2.52. The number of pyridine rings is 1. The second-order valence-corrected chi connectivity index (χ2v) is 5.75. The second-order valence-electron chi connectivity index (χ2n) is 5.34. The van der Waals surface area contributed by atoms with Crippen molar-refractivity contribution in [1.82, 2.24) is 14.9 Å². The number of nitrogens with zero attached hydrogens (tertiary/aromatic N) is 2. The van der Waals surface area contributed by atoms with E-state index in [1.807, 2.05) is 29.9 Å². The standard InChI is InChI=1S/C17H15ClFN3O/c1-22-10-12(13-3-2-6-20-17(13)22)8-16(23)21-9-11-4-5-15(19)14(18)7-11/h2-7,10H,8-9H2,1H3,(H,21,23). The molecule has 1 N–H and O–H groups in total. The van der Waals surface area contributed by atoms with Gasteiger partial charge < -0.3 is 9.88 Å². The number of halogens is 2. The van der Waals surface area contributed by atoms with Crippen LogP contribution in [-0.4, -0.2) is 15.5 Å². The third-order valence-corrected chi connectivity index (χ3v) is 3.93. The maximum Gasteiger partial charge on any atom is 0.224 e. The minimum absolute atomic E-state index is 0.0527. The van der Waals surface area contributed by atoms with E-state index in [-0.39, 0.29) is 17.4 Å². The van der Waals surface area contributed by atoms with Crippen LogP contribution in [0, 0.1) is 5.82 Å². The van der Waals surface area contributed by atoms with Crippen LogP contribution in [0.1, 0.15) is 11.1 Å². The van der Waals surface area contributed by atoms with E-state index in [1.165, 1.54) is 12.1 Å². The third-order valence-electron chi connectivity index (χ3n) is 3.64. The number of hydrogen-bond acceptors (Lipinski definition) is 2. The van der Waals surface area contributed by atoms with Crippen molar-refractivity contribution in [2.75, 3.05) is 0 Å². The number of benzene rings is 1. The van der Waals surface area contributed by atoms with Crippen molar-refractivity contribution >= 4 is 28.5 Å². The summed E-state index contributed by atoms with van der Waals surface area (Å²) in [6, 6.07) is 8.21. The van der Waals surface area contributed by atoms with Crippen molar-refractivity contribution in [3.8, 4) is 0 Å². The zero-order chi connectivity index (χ0) is 16.4. The van der Waals surface area contributed by atoms with Gasteiger partial charge in [-0.2, -0.15) is 0 Å². The molecule has 0 aliphatic rings. The Bertz CT molecular complexity index is 875. The first-order valence-electron chi connectivity index (χ1n) is 7.14. The molecule has 118 valence electrons. The highest BCUT2D eigenvalue weighted by Crippen LogP contribution is 2.19. The molecule has 0 unspecified atom stereocenters. The average Bonchev–Trinajstić information content (AvgIpc) is 2.85. The average molecular weight is 332 g/mol. The van der Waals surface area contributed by atoms with Gasteiger partial charge in [-0.15, -0.1) is 0 Å². The molecule has 0 aliphatic carbocycles. The monoisotopic (exact) mass is 331 g/mol. The van der Waals surface area contributed by atoms with Gasteiger partial charge in [-0.05, 0) is 35.4 Å². The number of carbonyl (C=O) groups excluding carboxylic acids is 1. The van der Waals surface area contributed by atoms with Gasteiger partial charge in [0.2, 0.25) is 5.91 Å². The highest BCUT2D eigenvalue weighted by Gasteiger charge is 2.11. The van der Waals surface area contributed by atoms with E-state index in [0.29, 0.717) is 6.54 Å². The van der Waals surface area contributed by atoms with Crippen molar-refractivity contribution in [3.63, 3.8) is 0 Å². The number of rotatable bonds is 4. The topological polar surface area (TPSA) is 46.9 Å². The highest BCUT2D eigenvalue weighted by atomic mass is 35.5. The van der Waals surface area contributed by atoms with E-state index in [0.717, 1.165) is 22.2 Å². The number of amides is 1. The molecule has 2 aromatic heterocycles. The molecule has 2 heterocycles. The Labute approximate surface area is 137 Å².